The molecule has 0 radical (unpaired) electrons. The highest BCUT2D eigenvalue weighted by Crippen LogP contribution is 2.58. The molecule has 6 heteroatoms. The second kappa shape index (κ2) is 5.93. The van der Waals surface area contributed by atoms with Gasteiger partial charge in [0.2, 0.25) is 0 Å². The van der Waals surface area contributed by atoms with E-state index in [1.54, 1.807) is 12.1 Å². The van der Waals surface area contributed by atoms with Crippen molar-refractivity contribution in [2.45, 2.75) is 57.5 Å². The third kappa shape index (κ3) is 2.50. The predicted octanol–water partition coefficient (Wildman–Crippen LogP) is 5.28. The molecule has 1 aromatic rings. The average molecular weight is 409 g/mol. The number of hydrogen-bond acceptors (Lipinski definition) is 3. The maximum absolute atomic E-state index is 14.1. The molecular weight excluding hydrogens is 383 g/mol. The van der Waals surface area contributed by atoms with Gasteiger partial charge in [0, 0.05) is 5.02 Å². The molecule has 1 unspecified atom stereocenters. The summed E-state index contributed by atoms with van der Waals surface area (Å²) < 4.78 is -0.930. The fourth-order valence-electron chi connectivity index (χ4n) is 6.75. The summed E-state index contributed by atoms with van der Waals surface area (Å²) in [5.41, 5.74) is -0.446. The van der Waals surface area contributed by atoms with E-state index in [4.69, 9.17) is 23.2 Å². The molecule has 27 heavy (non-hydrogen) atoms. The van der Waals surface area contributed by atoms with E-state index in [1.165, 1.54) is 38.2 Å². The number of carbonyl (C=O) groups excluding carboxylic acids is 1. The van der Waals surface area contributed by atoms with Gasteiger partial charge >= 0.3 is 5.91 Å². The van der Waals surface area contributed by atoms with E-state index in [2.05, 4.69) is 0 Å². The zero-order chi connectivity index (χ0) is 19.1. The van der Waals surface area contributed by atoms with Crippen LogP contribution < -0.4 is 0 Å². The Labute approximate surface area is 170 Å². The minimum Gasteiger partial charge on any atom is -0.603 e. The molecular formula is C21H26Cl2N2O2. The lowest BCUT2D eigenvalue weighted by atomic mass is 9.53. The van der Waals surface area contributed by atoms with Crippen molar-refractivity contribution in [3.8, 4) is 0 Å². The number of carbonyl (C=O) groups is 1. The van der Waals surface area contributed by atoms with Gasteiger partial charge in [0.25, 0.3) is 0 Å². The van der Waals surface area contributed by atoms with Gasteiger partial charge in [-0.1, -0.05) is 23.2 Å². The van der Waals surface area contributed by atoms with Crippen LogP contribution in [0.2, 0.25) is 10.0 Å². The van der Waals surface area contributed by atoms with E-state index in [0.717, 1.165) is 11.8 Å². The van der Waals surface area contributed by atoms with Crippen molar-refractivity contribution >= 4 is 29.1 Å². The molecule has 6 rings (SSSR count). The van der Waals surface area contributed by atoms with Crippen LogP contribution in [0.15, 0.2) is 18.2 Å². The third-order valence-corrected chi connectivity index (χ3v) is 8.25. The minimum absolute atomic E-state index is 0.227. The van der Waals surface area contributed by atoms with Crippen molar-refractivity contribution in [1.82, 2.24) is 5.01 Å². The lowest BCUT2D eigenvalue weighted by molar-refractivity contribution is -1.02. The lowest BCUT2D eigenvalue weighted by Gasteiger charge is -2.70. The van der Waals surface area contributed by atoms with Gasteiger partial charge < -0.3 is 5.21 Å². The quantitative estimate of drug-likeness (QED) is 0.493. The maximum Gasteiger partial charge on any atom is 0.367 e. The predicted molar refractivity (Wildman–Crippen MR) is 106 cm³/mol. The number of benzene rings is 1. The molecule has 1 atom stereocenters. The second-order valence-electron chi connectivity index (χ2n) is 9.84. The molecule has 0 aromatic heterocycles. The molecule has 1 heterocycles. The highest BCUT2D eigenvalue weighted by atomic mass is 35.5. The van der Waals surface area contributed by atoms with Gasteiger partial charge in [-0.3, -0.25) is 0 Å². The topological polar surface area (TPSA) is 43.4 Å². The standard InChI is InChI=1S/C21H26Cl2N2O2/c1-21(2)11-24(19-14-6-12-5-13(8-14)9-15(19)7-12)25(21,27)20(26)17-10-16(22)3-4-18(17)23/h3-4,10,12-15,19H,5-9,11H2,1-2H3. The normalized spacial score (nSPS) is 42.2. The molecule has 5 aliphatic rings. The number of halogens is 2. The molecule has 5 fully saturated rings. The summed E-state index contributed by atoms with van der Waals surface area (Å²) in [5, 5.41) is 16.8. The summed E-state index contributed by atoms with van der Waals surface area (Å²) in [6, 6.07) is 5.01. The fourth-order valence-corrected chi connectivity index (χ4v) is 7.12. The van der Waals surface area contributed by atoms with Gasteiger partial charge in [0.05, 0.1) is 11.1 Å². The van der Waals surface area contributed by atoms with Gasteiger partial charge in [-0.05, 0) is 87.8 Å². The molecule has 1 saturated heterocycles. The van der Waals surface area contributed by atoms with Crippen LogP contribution in [0.3, 0.4) is 0 Å². The van der Waals surface area contributed by atoms with E-state index in [0.29, 0.717) is 28.4 Å². The number of hydrogen-bond donors (Lipinski definition) is 0. The summed E-state index contributed by atoms with van der Waals surface area (Å²) in [6.07, 6.45) is 6.27. The molecule has 4 aliphatic carbocycles. The van der Waals surface area contributed by atoms with E-state index < -0.39 is 16.2 Å². The Morgan fingerprint density at radius 3 is 2.26 bits per heavy atom. The Morgan fingerprint density at radius 2 is 1.70 bits per heavy atom. The van der Waals surface area contributed by atoms with Crippen LogP contribution in [0.5, 0.6) is 0 Å². The molecule has 0 N–H and O–H groups in total. The molecule has 1 aromatic carbocycles. The Hall–Kier alpha value is -0.650. The zero-order valence-corrected chi connectivity index (χ0v) is 17.3. The Kier molecular flexibility index (Phi) is 4.04. The van der Waals surface area contributed by atoms with Crippen molar-refractivity contribution in [2.24, 2.45) is 23.7 Å². The third-order valence-electron chi connectivity index (χ3n) is 7.69. The van der Waals surface area contributed by atoms with E-state index in [1.807, 2.05) is 18.9 Å². The van der Waals surface area contributed by atoms with Crippen molar-refractivity contribution in [3.05, 3.63) is 39.0 Å². The monoisotopic (exact) mass is 408 g/mol. The smallest absolute Gasteiger partial charge is 0.367 e. The highest BCUT2D eigenvalue weighted by molar-refractivity contribution is 6.35. The fraction of sp³-hybridized carbons (Fsp3) is 0.667. The van der Waals surface area contributed by atoms with Gasteiger partial charge in [-0.2, -0.15) is 0 Å². The summed E-state index contributed by atoms with van der Waals surface area (Å²) in [6.45, 7) is 4.44. The number of quaternary nitrogens is 1. The summed E-state index contributed by atoms with van der Waals surface area (Å²) in [4.78, 5) is 13.5. The molecule has 4 bridgehead atoms. The first-order valence-electron chi connectivity index (χ1n) is 10.1. The number of hydroxylamine groups is 2. The van der Waals surface area contributed by atoms with Gasteiger partial charge in [0.15, 0.2) is 0 Å². The largest absolute Gasteiger partial charge is 0.603 e. The zero-order valence-electron chi connectivity index (χ0n) is 15.8. The van der Waals surface area contributed by atoms with E-state index in [9.17, 15) is 10.0 Å². The summed E-state index contributed by atoms with van der Waals surface area (Å²) in [5.74, 6) is 2.32. The van der Waals surface area contributed by atoms with Crippen LogP contribution in [-0.2, 0) is 0 Å². The average Bonchev–Trinajstić information content (AvgIpc) is 2.60. The van der Waals surface area contributed by atoms with E-state index in [-0.39, 0.29) is 11.6 Å². The summed E-state index contributed by atoms with van der Waals surface area (Å²) in [7, 11) is 0. The van der Waals surface area contributed by atoms with E-state index >= 15 is 0 Å². The lowest BCUT2D eigenvalue weighted by Crippen LogP contribution is -2.86. The first kappa shape index (κ1) is 18.4. The molecule has 146 valence electrons. The number of amides is 1. The first-order valence-corrected chi connectivity index (χ1v) is 10.8. The van der Waals surface area contributed by atoms with Crippen LogP contribution >= 0.6 is 23.2 Å². The van der Waals surface area contributed by atoms with Gasteiger partial charge in [-0.15, -0.1) is 5.01 Å². The van der Waals surface area contributed by atoms with Crippen LogP contribution in [0, 0.1) is 28.9 Å². The van der Waals surface area contributed by atoms with Gasteiger partial charge in [-0.25, -0.2) is 9.55 Å². The number of nitrogens with zero attached hydrogens (tertiary/aromatic N) is 2. The maximum atomic E-state index is 14.1. The van der Waals surface area contributed by atoms with Crippen molar-refractivity contribution in [1.29, 1.82) is 0 Å². The van der Waals surface area contributed by atoms with Crippen molar-refractivity contribution in [2.75, 3.05) is 6.54 Å². The van der Waals surface area contributed by atoms with Crippen molar-refractivity contribution < 1.29 is 9.55 Å². The second-order valence-corrected chi connectivity index (χ2v) is 10.7. The molecule has 1 amide bonds. The Balaban J connectivity index is 1.51. The molecule has 0 spiro atoms. The van der Waals surface area contributed by atoms with Crippen molar-refractivity contribution in [3.63, 3.8) is 0 Å². The van der Waals surface area contributed by atoms with Crippen LogP contribution in [0.1, 0.15) is 56.3 Å². The Bertz CT molecular complexity index is 783. The molecule has 1 aliphatic heterocycles. The SMILES string of the molecule is CC1(C)CN(C2C3CC4CC(C3)CC2C4)[N+]1([O-])C(=O)c1cc(Cl)ccc1Cl. The highest BCUT2D eigenvalue weighted by Gasteiger charge is 2.65. The Morgan fingerprint density at radius 1 is 1.11 bits per heavy atom. The van der Waals surface area contributed by atoms with Gasteiger partial charge in [0.1, 0.15) is 17.6 Å². The minimum atomic E-state index is -0.930. The number of rotatable bonds is 2. The molecule has 4 nitrogen and oxygen atoms in total. The summed E-state index contributed by atoms with van der Waals surface area (Å²) >= 11 is 12.4. The van der Waals surface area contributed by atoms with Crippen LogP contribution in [-0.4, -0.2) is 33.8 Å². The first-order chi connectivity index (χ1) is 12.7. The van der Waals surface area contributed by atoms with Crippen LogP contribution in [0.4, 0.5) is 0 Å². The molecule has 4 saturated carbocycles. The van der Waals surface area contributed by atoms with Crippen LogP contribution in [0.25, 0.3) is 0 Å².